The number of nitrogens with zero attached hydrogens (tertiary/aromatic N) is 1. The van der Waals surface area contributed by atoms with Gasteiger partial charge in [0.25, 0.3) is 11.8 Å². The second-order valence-corrected chi connectivity index (χ2v) is 23.4. The molecular weight excluding hydrogens is 1110 g/mol. The van der Waals surface area contributed by atoms with Crippen molar-refractivity contribution in [2.24, 2.45) is 17.6 Å². The summed E-state index contributed by atoms with van der Waals surface area (Å²) in [7, 11) is 0. The number of aliphatic hydroxyl groups is 1. The van der Waals surface area contributed by atoms with E-state index in [1.807, 2.05) is 26.0 Å². The highest BCUT2D eigenvalue weighted by Crippen LogP contribution is 2.43. The van der Waals surface area contributed by atoms with Crippen LogP contribution in [0, 0.1) is 11.8 Å². The quantitative estimate of drug-likeness (QED) is 0.0145. The molecule has 4 aliphatic heterocycles. The number of primary amides is 1. The molecule has 0 aromatic heterocycles. The molecule has 10 N–H and O–H groups in total. The number of carbonyl (C=O) groups excluding carboxylic acids is 10. The van der Waals surface area contributed by atoms with Crippen molar-refractivity contribution < 1.29 is 76.7 Å². The zero-order valence-corrected chi connectivity index (χ0v) is 50.3. The number of unbranched alkanes of at least 4 members (excludes halogenated alkanes) is 2. The molecule has 472 valence electrons. The van der Waals surface area contributed by atoms with Crippen LogP contribution in [0.25, 0.3) is 0 Å². The van der Waals surface area contributed by atoms with Gasteiger partial charge in [0.2, 0.25) is 29.5 Å². The van der Waals surface area contributed by atoms with E-state index < -0.39 is 77.9 Å². The van der Waals surface area contributed by atoms with Gasteiger partial charge in [-0.3, -0.25) is 43.3 Å². The molecule has 5 aliphatic rings. The van der Waals surface area contributed by atoms with Crippen molar-refractivity contribution in [3.63, 3.8) is 0 Å². The largest absolute Gasteiger partial charge is 0.459 e. The summed E-state index contributed by atoms with van der Waals surface area (Å²) in [5.74, 6) is -3.60. The number of imide groups is 1. The van der Waals surface area contributed by atoms with Crippen LogP contribution >= 0.6 is 0 Å². The van der Waals surface area contributed by atoms with E-state index in [0.29, 0.717) is 75.6 Å². The number of alkyl carbamates (subject to hydrolysis) is 1. The molecule has 1 aliphatic carbocycles. The van der Waals surface area contributed by atoms with Crippen LogP contribution in [0.2, 0.25) is 0 Å². The number of esters is 1. The SMILES string of the molecule is CC(=O)O[C@@H](C)/C=C\C(=O)N[C@@H]1C[C@H](C)[C@H](C/C=C(C)/C=C/[C@H]2O[C@H](CC(=O)NC3CCC(NC(=O)OCc4ccc(NC(=O)[C@H](CNC(N)=O)NC(=O)[C@@H](NC(=O)CCCCCN5C(=O)C=CC5=O)C(C)C)cc4)CC3)C[C@@]3(CO3)[C@@H]2O)O[C@@H]1C. The Balaban J connectivity index is 0.871. The molecule has 0 bridgehead atoms. The van der Waals surface area contributed by atoms with Crippen LogP contribution in [0.5, 0.6) is 0 Å². The number of hydrogen-bond donors (Lipinski definition) is 9. The van der Waals surface area contributed by atoms with Gasteiger partial charge in [-0.15, -0.1) is 0 Å². The molecule has 1 saturated carbocycles. The zero-order chi connectivity index (χ0) is 62.7. The highest BCUT2D eigenvalue weighted by Gasteiger charge is 2.58. The molecule has 1 aromatic rings. The fraction of sp³-hybridized carbons (Fsp3) is 0.607. The Morgan fingerprint density at radius 2 is 1.52 bits per heavy atom. The van der Waals surface area contributed by atoms with Crippen molar-refractivity contribution in [3.8, 4) is 0 Å². The first-order valence-electron chi connectivity index (χ1n) is 29.8. The molecular formula is C61H87N9O16. The number of urea groups is 1. The maximum absolute atomic E-state index is 13.5. The lowest BCUT2D eigenvalue weighted by Crippen LogP contribution is -2.57. The summed E-state index contributed by atoms with van der Waals surface area (Å²) >= 11 is 0. The van der Waals surface area contributed by atoms with Crippen molar-refractivity contribution in [1.29, 1.82) is 0 Å². The molecule has 25 nitrogen and oxygen atoms in total. The van der Waals surface area contributed by atoms with Gasteiger partial charge < -0.3 is 71.7 Å². The van der Waals surface area contributed by atoms with Gasteiger partial charge in [0.1, 0.15) is 42.6 Å². The molecule has 0 unspecified atom stereocenters. The average Bonchev–Trinajstić information content (AvgIpc) is 1.63. The Morgan fingerprint density at radius 3 is 2.16 bits per heavy atom. The first kappa shape index (κ1) is 67.6. The van der Waals surface area contributed by atoms with Crippen LogP contribution in [-0.4, -0.2) is 162 Å². The minimum absolute atomic E-state index is 0.0725. The summed E-state index contributed by atoms with van der Waals surface area (Å²) < 4.78 is 28.9. The third kappa shape index (κ3) is 21.5. The third-order valence-electron chi connectivity index (χ3n) is 15.9. The summed E-state index contributed by atoms with van der Waals surface area (Å²) in [6.07, 6.45) is 13.5. The zero-order valence-electron chi connectivity index (χ0n) is 50.3. The molecule has 4 heterocycles. The summed E-state index contributed by atoms with van der Waals surface area (Å²) in [4.78, 5) is 126. The highest BCUT2D eigenvalue weighted by molar-refractivity contribution is 6.12. The van der Waals surface area contributed by atoms with Crippen molar-refractivity contribution in [2.45, 2.75) is 205 Å². The molecule has 1 aromatic carbocycles. The number of aliphatic hydroxyl groups excluding tert-OH is 1. The Labute approximate surface area is 502 Å². The van der Waals surface area contributed by atoms with Crippen LogP contribution in [0.3, 0.4) is 0 Å². The van der Waals surface area contributed by atoms with Crippen molar-refractivity contribution in [1.82, 2.24) is 36.8 Å². The second kappa shape index (κ2) is 32.3. The maximum Gasteiger partial charge on any atom is 0.407 e. The van der Waals surface area contributed by atoms with Gasteiger partial charge in [0.15, 0.2) is 0 Å². The number of allylic oxidation sites excluding steroid dienone is 2. The lowest BCUT2D eigenvalue weighted by atomic mass is 9.87. The molecule has 86 heavy (non-hydrogen) atoms. The van der Waals surface area contributed by atoms with Crippen molar-refractivity contribution >= 4 is 65.1 Å². The molecule has 10 amide bonds. The van der Waals surface area contributed by atoms with E-state index in [1.54, 1.807) is 45.0 Å². The van der Waals surface area contributed by atoms with Gasteiger partial charge in [-0.25, -0.2) is 9.59 Å². The molecule has 4 fully saturated rings. The van der Waals surface area contributed by atoms with Crippen LogP contribution in [0.4, 0.5) is 15.3 Å². The van der Waals surface area contributed by atoms with Crippen molar-refractivity contribution in [3.05, 3.63) is 77.9 Å². The van der Waals surface area contributed by atoms with Gasteiger partial charge in [-0.1, -0.05) is 63.1 Å². The summed E-state index contributed by atoms with van der Waals surface area (Å²) in [6, 6.07) is 2.75. The van der Waals surface area contributed by atoms with E-state index in [1.165, 1.54) is 31.2 Å². The number of nitrogens with one attached hydrogen (secondary N) is 7. The summed E-state index contributed by atoms with van der Waals surface area (Å²) in [5.41, 5.74) is 6.41. The van der Waals surface area contributed by atoms with Gasteiger partial charge in [-0.05, 0) is 108 Å². The minimum atomic E-state index is -1.29. The van der Waals surface area contributed by atoms with Gasteiger partial charge in [0, 0.05) is 68.9 Å². The van der Waals surface area contributed by atoms with E-state index in [4.69, 9.17) is 29.4 Å². The van der Waals surface area contributed by atoms with Gasteiger partial charge >= 0.3 is 18.1 Å². The number of epoxide rings is 1. The number of anilines is 1. The van der Waals surface area contributed by atoms with Crippen molar-refractivity contribution in [2.75, 3.05) is 25.0 Å². The lowest BCUT2D eigenvalue weighted by Gasteiger charge is -2.39. The fourth-order valence-corrected chi connectivity index (χ4v) is 10.9. The van der Waals surface area contributed by atoms with Gasteiger partial charge in [0.05, 0.1) is 37.4 Å². The fourth-order valence-electron chi connectivity index (χ4n) is 10.9. The Hall–Kier alpha value is -7.48. The summed E-state index contributed by atoms with van der Waals surface area (Å²) in [5, 5.41) is 30.6. The Bertz CT molecular complexity index is 2680. The molecule has 25 heteroatoms. The highest BCUT2D eigenvalue weighted by atomic mass is 16.6. The Kier molecular flexibility index (Phi) is 25.4. The monoisotopic (exact) mass is 1200 g/mol. The maximum atomic E-state index is 13.5. The number of rotatable bonds is 28. The topological polar surface area (TPSA) is 354 Å². The number of hydrogen-bond acceptors (Lipinski definition) is 16. The second-order valence-electron chi connectivity index (χ2n) is 23.4. The smallest absolute Gasteiger partial charge is 0.407 e. The van der Waals surface area contributed by atoms with E-state index in [-0.39, 0.29) is 98.3 Å². The van der Waals surface area contributed by atoms with Crippen LogP contribution in [-0.2, 0) is 68.6 Å². The van der Waals surface area contributed by atoms with E-state index in [0.717, 1.165) is 16.9 Å². The number of benzene rings is 1. The first-order chi connectivity index (χ1) is 40.9. The van der Waals surface area contributed by atoms with Gasteiger partial charge in [-0.2, -0.15) is 0 Å². The predicted molar refractivity (Wildman–Crippen MR) is 314 cm³/mol. The Morgan fingerprint density at radius 1 is 0.849 bits per heavy atom. The van der Waals surface area contributed by atoms with E-state index in [2.05, 4.69) is 50.2 Å². The summed E-state index contributed by atoms with van der Waals surface area (Å²) in [6.45, 7) is 12.6. The number of carbonyl (C=O) groups is 10. The number of nitrogens with two attached hydrogens (primary N) is 1. The molecule has 6 rings (SSSR count). The van der Waals surface area contributed by atoms with Crippen LogP contribution in [0.1, 0.15) is 131 Å². The molecule has 1 spiro atoms. The normalized spacial score (nSPS) is 26.6. The van der Waals surface area contributed by atoms with Crippen LogP contribution in [0.15, 0.2) is 72.4 Å². The standard InChI is InChI=1S/C61H87N9O16/c1-35(2)55(69-50(72)11-9-8-10-28-70-53(75)26-27-54(70)76)58(79)68-47(32-63-59(62)80)57(78)65-43-17-15-41(16-18-43)33-82-60(81)66-44-21-19-42(20-22-44)64-52(74)30-45-31-61(34-83-61)56(77)49(86-45)24-13-36(3)12-23-48-37(4)29-46(39(6)85-48)67-51(73)25-14-38(5)84-40(7)71/h12-18,24-27,35,37-39,42,44-49,55-56,77H,8-11,19-23,28-34H2,1-7H3,(H,64,74)(H,65,78)(H,66,81)(H,67,73)(H,68,79)(H,69,72)(H3,62,63,80)/b24-13+,25-14-,36-12+/t37-,38-,39+,42?,44?,45+,46+,47-,48-,49+,55-,56+,61+/m0/s1. The lowest BCUT2D eigenvalue weighted by molar-refractivity contribution is -0.146. The predicted octanol–water partition coefficient (Wildman–Crippen LogP) is 3.43. The minimum Gasteiger partial charge on any atom is -0.459 e. The number of ether oxygens (including phenoxy) is 5. The average molecular weight is 1200 g/mol. The molecule has 0 radical (unpaired) electrons. The van der Waals surface area contributed by atoms with Crippen LogP contribution < -0.4 is 43.0 Å². The van der Waals surface area contributed by atoms with E-state index >= 15 is 0 Å². The number of amides is 10. The molecule has 11 atom stereocenters. The molecule has 3 saturated heterocycles. The first-order valence-corrected chi connectivity index (χ1v) is 29.8. The van der Waals surface area contributed by atoms with E-state index in [9.17, 15) is 53.1 Å². The third-order valence-corrected chi connectivity index (χ3v) is 15.9.